The largest absolute Gasteiger partial charge is 0.508 e. The van der Waals surface area contributed by atoms with Gasteiger partial charge in [-0.1, -0.05) is 48.6 Å². The van der Waals surface area contributed by atoms with Crippen LogP contribution in [0.3, 0.4) is 0 Å². The number of amides is 1. The molecule has 0 radical (unpaired) electrons. The first-order chi connectivity index (χ1) is 20.3. The lowest BCUT2D eigenvalue weighted by atomic mass is 10.0. The predicted octanol–water partition coefficient (Wildman–Crippen LogP) is 8.04. The lowest BCUT2D eigenvalue weighted by Gasteiger charge is -2.11. The summed E-state index contributed by atoms with van der Waals surface area (Å²) in [6.45, 7) is 4.25. The van der Waals surface area contributed by atoms with E-state index in [9.17, 15) is 9.90 Å². The fraction of sp³-hybridized carbons (Fsp3) is 0.176. The molecule has 214 valence electrons. The van der Waals surface area contributed by atoms with E-state index in [4.69, 9.17) is 14.2 Å². The fourth-order valence-corrected chi connectivity index (χ4v) is 5.40. The number of fused-ring (bicyclic) bond motifs is 3. The molecule has 0 bridgehead atoms. The van der Waals surface area contributed by atoms with Gasteiger partial charge in [-0.3, -0.25) is 4.79 Å². The fourth-order valence-electron chi connectivity index (χ4n) is 4.52. The smallest absolute Gasteiger partial charge is 0.279 e. The number of ether oxygens (including phenoxy) is 3. The van der Waals surface area contributed by atoms with E-state index in [0.29, 0.717) is 11.7 Å². The Hall–Kier alpha value is -4.82. The van der Waals surface area contributed by atoms with Crippen LogP contribution >= 0.6 is 11.3 Å². The summed E-state index contributed by atoms with van der Waals surface area (Å²) in [6, 6.07) is 29.1. The highest BCUT2D eigenvalue weighted by atomic mass is 32.1. The standard InChI is InChI=1S/C23H22N2O3S.C11H10O2/c1-14(13-24-15(2)26)16-6-9-21-22(12-16)29-23(25-21)28-20-8-5-17-10-19(27-3)7-4-18(17)11-20;1-13-11-5-3-8-6-10(12)4-2-9(8)7-11/h4-12,14H,13H2,1-3H3,(H,24,26);2-7,12H,1H3. The molecule has 5 aromatic carbocycles. The highest BCUT2D eigenvalue weighted by Crippen LogP contribution is 2.34. The van der Waals surface area contributed by atoms with Gasteiger partial charge in [-0.05, 0) is 93.7 Å². The van der Waals surface area contributed by atoms with Crippen molar-refractivity contribution >= 4 is 49.0 Å². The molecule has 1 heterocycles. The Kier molecular flexibility index (Phi) is 8.74. The SMILES string of the molecule is COc1ccc2cc(O)ccc2c1.COc1ccc2cc(Oc3nc4ccc(C(C)CNC(C)=O)cc4s3)ccc2c1. The van der Waals surface area contributed by atoms with Crippen LogP contribution in [0.25, 0.3) is 31.8 Å². The van der Waals surface area contributed by atoms with E-state index in [-0.39, 0.29) is 17.6 Å². The Morgan fingerprint density at radius 3 is 2.00 bits per heavy atom. The number of phenols is 1. The quantitative estimate of drug-likeness (QED) is 0.199. The molecule has 0 aliphatic heterocycles. The number of carbonyl (C=O) groups excluding carboxylic acids is 1. The zero-order valence-electron chi connectivity index (χ0n) is 23.9. The molecule has 0 saturated heterocycles. The van der Waals surface area contributed by atoms with Crippen LogP contribution in [-0.4, -0.2) is 36.8 Å². The van der Waals surface area contributed by atoms with Crippen molar-refractivity contribution in [3.05, 3.63) is 96.6 Å². The monoisotopic (exact) mass is 580 g/mol. The maximum absolute atomic E-state index is 11.1. The van der Waals surface area contributed by atoms with Crippen LogP contribution in [0.1, 0.15) is 25.3 Å². The molecule has 6 rings (SSSR count). The molecule has 1 aromatic heterocycles. The summed E-state index contributed by atoms with van der Waals surface area (Å²) < 4.78 is 17.5. The van der Waals surface area contributed by atoms with Gasteiger partial charge < -0.3 is 24.6 Å². The lowest BCUT2D eigenvalue weighted by molar-refractivity contribution is -0.119. The van der Waals surface area contributed by atoms with E-state index < -0.39 is 0 Å². The summed E-state index contributed by atoms with van der Waals surface area (Å²) in [4.78, 5) is 15.7. The molecule has 1 amide bonds. The van der Waals surface area contributed by atoms with Gasteiger partial charge in [0.25, 0.3) is 5.19 Å². The summed E-state index contributed by atoms with van der Waals surface area (Å²) in [5, 5.41) is 17.0. The Morgan fingerprint density at radius 1 is 0.810 bits per heavy atom. The Labute approximate surface area is 248 Å². The molecular formula is C34H32N2O5S. The molecule has 42 heavy (non-hydrogen) atoms. The van der Waals surface area contributed by atoms with Crippen LogP contribution in [0, 0.1) is 0 Å². The molecule has 0 spiro atoms. The van der Waals surface area contributed by atoms with E-state index in [0.717, 1.165) is 49.0 Å². The number of nitrogens with one attached hydrogen (secondary N) is 1. The van der Waals surface area contributed by atoms with Crippen LogP contribution in [-0.2, 0) is 4.79 Å². The number of methoxy groups -OCH3 is 2. The topological polar surface area (TPSA) is 89.9 Å². The van der Waals surface area contributed by atoms with E-state index in [1.807, 2.05) is 66.7 Å². The number of aromatic hydroxyl groups is 1. The normalized spacial score (nSPS) is 11.5. The third kappa shape index (κ3) is 6.90. The van der Waals surface area contributed by atoms with Crippen molar-refractivity contribution < 1.29 is 24.1 Å². The van der Waals surface area contributed by atoms with Gasteiger partial charge in [0.05, 0.1) is 24.4 Å². The van der Waals surface area contributed by atoms with E-state index in [1.54, 1.807) is 26.4 Å². The lowest BCUT2D eigenvalue weighted by Crippen LogP contribution is -2.24. The van der Waals surface area contributed by atoms with Crippen LogP contribution in [0.4, 0.5) is 0 Å². The molecular weight excluding hydrogens is 548 g/mol. The van der Waals surface area contributed by atoms with Gasteiger partial charge in [-0.2, -0.15) is 0 Å². The first-order valence-corrected chi connectivity index (χ1v) is 14.3. The zero-order valence-corrected chi connectivity index (χ0v) is 24.7. The third-order valence-electron chi connectivity index (χ3n) is 6.87. The first-order valence-electron chi connectivity index (χ1n) is 13.5. The van der Waals surface area contributed by atoms with Gasteiger partial charge in [-0.15, -0.1) is 0 Å². The van der Waals surface area contributed by atoms with Crippen molar-refractivity contribution in [1.82, 2.24) is 10.3 Å². The average Bonchev–Trinajstić information content (AvgIpc) is 3.41. The maximum atomic E-state index is 11.1. The minimum absolute atomic E-state index is 0.0137. The second-order valence-electron chi connectivity index (χ2n) is 9.92. The summed E-state index contributed by atoms with van der Waals surface area (Å²) in [6.07, 6.45) is 0. The zero-order chi connectivity index (χ0) is 29.6. The van der Waals surface area contributed by atoms with Crippen molar-refractivity contribution in [3.8, 4) is 28.2 Å². The molecule has 0 fully saturated rings. The van der Waals surface area contributed by atoms with Crippen LogP contribution in [0.2, 0.25) is 0 Å². The van der Waals surface area contributed by atoms with E-state index in [2.05, 4.69) is 29.4 Å². The minimum atomic E-state index is -0.0137. The van der Waals surface area contributed by atoms with E-state index >= 15 is 0 Å². The van der Waals surface area contributed by atoms with Gasteiger partial charge >= 0.3 is 0 Å². The third-order valence-corrected chi connectivity index (χ3v) is 7.77. The summed E-state index contributed by atoms with van der Waals surface area (Å²) in [5.74, 6) is 2.92. The van der Waals surface area contributed by atoms with Gasteiger partial charge in [0.2, 0.25) is 5.91 Å². The molecule has 0 aliphatic carbocycles. The van der Waals surface area contributed by atoms with Crippen LogP contribution in [0.5, 0.6) is 28.2 Å². The number of nitrogens with zero attached hydrogens (tertiary/aromatic N) is 1. The number of rotatable bonds is 7. The highest BCUT2D eigenvalue weighted by Gasteiger charge is 2.11. The second kappa shape index (κ2) is 12.8. The van der Waals surface area contributed by atoms with Crippen molar-refractivity contribution in [2.45, 2.75) is 19.8 Å². The molecule has 7 nitrogen and oxygen atoms in total. The number of hydrogen-bond acceptors (Lipinski definition) is 7. The molecule has 1 atom stereocenters. The minimum Gasteiger partial charge on any atom is -0.508 e. The summed E-state index contributed by atoms with van der Waals surface area (Å²) in [5.41, 5.74) is 2.08. The number of hydrogen-bond donors (Lipinski definition) is 2. The Balaban J connectivity index is 0.000000226. The predicted molar refractivity (Wildman–Crippen MR) is 169 cm³/mol. The molecule has 1 unspecified atom stereocenters. The molecule has 2 N–H and O–H groups in total. The molecule has 0 saturated carbocycles. The number of carbonyl (C=O) groups is 1. The average molecular weight is 581 g/mol. The molecule has 8 heteroatoms. The summed E-state index contributed by atoms with van der Waals surface area (Å²) >= 11 is 1.52. The van der Waals surface area contributed by atoms with Crippen LogP contribution in [0.15, 0.2) is 91.0 Å². The Morgan fingerprint density at radius 2 is 1.38 bits per heavy atom. The van der Waals surface area contributed by atoms with Crippen molar-refractivity contribution in [2.75, 3.05) is 20.8 Å². The first kappa shape index (κ1) is 28.7. The Bertz CT molecular complexity index is 1870. The number of phenolic OH excluding ortho intramolecular Hbond substituents is 1. The second-order valence-corrected chi connectivity index (χ2v) is 10.9. The number of thiazole rings is 1. The molecule has 0 aliphatic rings. The molecule has 6 aromatic rings. The van der Waals surface area contributed by atoms with Gasteiger partial charge in [0, 0.05) is 13.5 Å². The number of benzene rings is 5. The maximum Gasteiger partial charge on any atom is 0.279 e. The van der Waals surface area contributed by atoms with Gasteiger partial charge in [0.1, 0.15) is 23.0 Å². The van der Waals surface area contributed by atoms with Crippen molar-refractivity contribution in [2.24, 2.45) is 0 Å². The highest BCUT2D eigenvalue weighted by molar-refractivity contribution is 7.20. The van der Waals surface area contributed by atoms with Crippen molar-refractivity contribution in [1.29, 1.82) is 0 Å². The van der Waals surface area contributed by atoms with Crippen molar-refractivity contribution in [3.63, 3.8) is 0 Å². The van der Waals surface area contributed by atoms with E-state index in [1.165, 1.54) is 23.8 Å². The van der Waals surface area contributed by atoms with Gasteiger partial charge in [-0.25, -0.2) is 4.98 Å². The number of aromatic nitrogens is 1. The van der Waals surface area contributed by atoms with Gasteiger partial charge in [0.15, 0.2) is 0 Å². The summed E-state index contributed by atoms with van der Waals surface area (Å²) in [7, 11) is 3.30. The van der Waals surface area contributed by atoms with Crippen LogP contribution < -0.4 is 19.5 Å².